The van der Waals surface area contributed by atoms with Gasteiger partial charge in [-0.05, 0) is 30.3 Å². The van der Waals surface area contributed by atoms with Crippen LogP contribution < -0.4 is 10.1 Å². The minimum Gasteiger partial charge on any atom is -0.453 e. The molecule has 0 aromatic heterocycles. The van der Waals surface area contributed by atoms with E-state index < -0.39 is 18.7 Å². The summed E-state index contributed by atoms with van der Waals surface area (Å²) in [6, 6.07) is 12.4. The van der Waals surface area contributed by atoms with Crippen molar-refractivity contribution in [2.24, 2.45) is 0 Å². The zero-order valence-electron chi connectivity index (χ0n) is 12.4. The molecule has 3 rings (SSSR count). The summed E-state index contributed by atoms with van der Waals surface area (Å²) in [5, 5.41) is 2.62. The molecule has 1 N–H and O–H groups in total. The van der Waals surface area contributed by atoms with E-state index in [4.69, 9.17) is 4.74 Å². The maximum Gasteiger partial charge on any atom is 0.387 e. The Morgan fingerprint density at radius 3 is 2.58 bits per heavy atom. The first-order valence-electron chi connectivity index (χ1n) is 7.17. The molecule has 1 aliphatic rings. The molecule has 2 aromatic rings. The normalized spacial score (nSPS) is 15.8. The van der Waals surface area contributed by atoms with E-state index in [-0.39, 0.29) is 18.1 Å². The topological polar surface area (TPSA) is 64.6 Å². The van der Waals surface area contributed by atoms with Crippen LogP contribution in [0, 0.1) is 0 Å². The number of carbonyl (C=O) groups is 2. The van der Waals surface area contributed by atoms with Crippen molar-refractivity contribution < 1.29 is 27.8 Å². The van der Waals surface area contributed by atoms with E-state index in [1.54, 1.807) is 24.3 Å². The van der Waals surface area contributed by atoms with Gasteiger partial charge in [0.2, 0.25) is 5.91 Å². The molecule has 1 heterocycles. The van der Waals surface area contributed by atoms with Crippen molar-refractivity contribution in [1.29, 1.82) is 0 Å². The van der Waals surface area contributed by atoms with Crippen LogP contribution in [0.5, 0.6) is 5.75 Å². The van der Waals surface area contributed by atoms with Gasteiger partial charge >= 0.3 is 12.6 Å². The van der Waals surface area contributed by atoms with Crippen LogP contribution in [0.2, 0.25) is 0 Å². The first-order chi connectivity index (χ1) is 11.5. The summed E-state index contributed by atoms with van der Waals surface area (Å²) in [6.45, 7) is -2.90. The van der Waals surface area contributed by atoms with Gasteiger partial charge in [-0.3, -0.25) is 4.79 Å². The average molecular weight is 333 g/mol. The standard InChI is InChI=1S/C17H13F2NO4/c18-17(19)23-11-7-5-10(6-8-11)20-15(21)9-14-12-3-1-2-4-13(12)16(22)24-14/h1-8,14,17H,9H2,(H,20,21)/t14-/m0/s1. The van der Waals surface area contributed by atoms with E-state index in [2.05, 4.69) is 10.1 Å². The van der Waals surface area contributed by atoms with Crippen molar-refractivity contribution in [1.82, 2.24) is 0 Å². The number of hydrogen-bond donors (Lipinski definition) is 1. The number of carbonyl (C=O) groups excluding carboxylic acids is 2. The number of esters is 1. The van der Waals surface area contributed by atoms with E-state index in [0.29, 0.717) is 16.8 Å². The van der Waals surface area contributed by atoms with Crippen molar-refractivity contribution in [2.45, 2.75) is 19.1 Å². The van der Waals surface area contributed by atoms with Gasteiger partial charge < -0.3 is 14.8 Å². The Morgan fingerprint density at radius 1 is 1.17 bits per heavy atom. The molecule has 0 saturated heterocycles. The third-order valence-corrected chi connectivity index (χ3v) is 3.51. The Balaban J connectivity index is 1.61. The van der Waals surface area contributed by atoms with Crippen molar-refractivity contribution in [3.63, 3.8) is 0 Å². The fraction of sp³-hybridized carbons (Fsp3) is 0.176. The van der Waals surface area contributed by atoms with Gasteiger partial charge in [-0.15, -0.1) is 0 Å². The Labute approximate surface area is 136 Å². The molecular formula is C17H13F2NO4. The molecule has 0 spiro atoms. The molecule has 1 aliphatic heterocycles. The Hall–Kier alpha value is -2.96. The lowest BCUT2D eigenvalue weighted by atomic mass is 10.0. The van der Waals surface area contributed by atoms with Crippen molar-refractivity contribution in [3.8, 4) is 5.75 Å². The lowest BCUT2D eigenvalue weighted by Gasteiger charge is -2.11. The molecule has 1 amide bonds. The van der Waals surface area contributed by atoms with Gasteiger partial charge in [-0.25, -0.2) is 4.79 Å². The summed E-state index contributed by atoms with van der Waals surface area (Å²) >= 11 is 0. The van der Waals surface area contributed by atoms with Crippen LogP contribution in [0.1, 0.15) is 28.4 Å². The van der Waals surface area contributed by atoms with Gasteiger partial charge in [0.1, 0.15) is 11.9 Å². The second-order valence-electron chi connectivity index (χ2n) is 5.14. The van der Waals surface area contributed by atoms with E-state index in [1.165, 1.54) is 24.3 Å². The van der Waals surface area contributed by atoms with Crippen LogP contribution in [0.15, 0.2) is 48.5 Å². The highest BCUT2D eigenvalue weighted by atomic mass is 19.3. The molecule has 124 valence electrons. The zero-order valence-corrected chi connectivity index (χ0v) is 12.4. The number of hydrogen-bond acceptors (Lipinski definition) is 4. The molecule has 0 radical (unpaired) electrons. The van der Waals surface area contributed by atoms with Crippen LogP contribution in [-0.2, 0) is 9.53 Å². The van der Waals surface area contributed by atoms with Crippen molar-refractivity contribution in [3.05, 3.63) is 59.7 Å². The third kappa shape index (κ3) is 3.51. The monoisotopic (exact) mass is 333 g/mol. The summed E-state index contributed by atoms with van der Waals surface area (Å²) in [6.07, 6.45) is -0.659. The maximum atomic E-state index is 12.1. The quantitative estimate of drug-likeness (QED) is 0.850. The molecule has 0 saturated carbocycles. The zero-order chi connectivity index (χ0) is 17.1. The van der Waals surface area contributed by atoms with Crippen LogP contribution in [-0.4, -0.2) is 18.5 Å². The maximum absolute atomic E-state index is 12.1. The Kier molecular flexibility index (Phi) is 4.41. The van der Waals surface area contributed by atoms with E-state index in [1.807, 2.05) is 0 Å². The number of nitrogens with one attached hydrogen (secondary N) is 1. The molecule has 0 bridgehead atoms. The number of ether oxygens (including phenoxy) is 2. The fourth-order valence-electron chi connectivity index (χ4n) is 2.47. The number of benzene rings is 2. The average Bonchev–Trinajstić information content (AvgIpc) is 2.85. The largest absolute Gasteiger partial charge is 0.453 e. The van der Waals surface area contributed by atoms with Gasteiger partial charge in [-0.2, -0.15) is 8.78 Å². The smallest absolute Gasteiger partial charge is 0.387 e. The molecule has 5 nitrogen and oxygen atoms in total. The summed E-state index contributed by atoms with van der Waals surface area (Å²) in [5.74, 6) is -0.800. The van der Waals surface area contributed by atoms with Crippen molar-refractivity contribution in [2.75, 3.05) is 5.32 Å². The molecule has 2 aromatic carbocycles. The number of fused-ring (bicyclic) bond motifs is 1. The number of anilines is 1. The molecule has 24 heavy (non-hydrogen) atoms. The van der Waals surface area contributed by atoms with Gasteiger partial charge in [-0.1, -0.05) is 18.2 Å². The highest BCUT2D eigenvalue weighted by Crippen LogP contribution is 2.33. The summed E-state index contributed by atoms with van der Waals surface area (Å²) < 4.78 is 33.6. The summed E-state index contributed by atoms with van der Waals surface area (Å²) in [7, 11) is 0. The van der Waals surface area contributed by atoms with Crippen LogP contribution >= 0.6 is 0 Å². The molecule has 0 unspecified atom stereocenters. The lowest BCUT2D eigenvalue weighted by molar-refractivity contribution is -0.118. The number of halogens is 2. The van der Waals surface area contributed by atoms with Gasteiger partial charge in [0.05, 0.1) is 12.0 Å². The first kappa shape index (κ1) is 15.9. The van der Waals surface area contributed by atoms with Crippen LogP contribution in [0.4, 0.5) is 14.5 Å². The third-order valence-electron chi connectivity index (χ3n) is 3.51. The van der Waals surface area contributed by atoms with E-state index in [9.17, 15) is 18.4 Å². The first-order valence-corrected chi connectivity index (χ1v) is 7.17. The van der Waals surface area contributed by atoms with Gasteiger partial charge in [0, 0.05) is 11.3 Å². The number of amides is 1. The predicted octanol–water partition coefficient (Wildman–Crippen LogP) is 3.53. The van der Waals surface area contributed by atoms with E-state index in [0.717, 1.165) is 0 Å². The number of cyclic esters (lactones) is 1. The lowest BCUT2D eigenvalue weighted by Crippen LogP contribution is -2.15. The molecule has 0 aliphatic carbocycles. The second kappa shape index (κ2) is 6.66. The second-order valence-corrected chi connectivity index (χ2v) is 5.14. The van der Waals surface area contributed by atoms with Crippen molar-refractivity contribution >= 4 is 17.6 Å². The van der Waals surface area contributed by atoms with Crippen LogP contribution in [0.3, 0.4) is 0 Å². The molecular weight excluding hydrogens is 320 g/mol. The van der Waals surface area contributed by atoms with Crippen LogP contribution in [0.25, 0.3) is 0 Å². The highest BCUT2D eigenvalue weighted by Gasteiger charge is 2.31. The number of alkyl halides is 2. The minimum atomic E-state index is -2.90. The molecule has 1 atom stereocenters. The summed E-state index contributed by atoms with van der Waals surface area (Å²) in [4.78, 5) is 23.8. The minimum absolute atomic E-state index is 0.00153. The predicted molar refractivity (Wildman–Crippen MR) is 80.9 cm³/mol. The SMILES string of the molecule is O=C(C[C@@H]1OC(=O)c2ccccc21)Nc1ccc(OC(F)F)cc1. The van der Waals surface area contributed by atoms with Gasteiger partial charge in [0.15, 0.2) is 0 Å². The molecule has 0 fully saturated rings. The number of rotatable bonds is 5. The van der Waals surface area contributed by atoms with E-state index >= 15 is 0 Å². The Morgan fingerprint density at radius 2 is 1.88 bits per heavy atom. The molecule has 7 heteroatoms. The highest BCUT2D eigenvalue weighted by molar-refractivity contribution is 5.96. The summed E-state index contributed by atoms with van der Waals surface area (Å²) in [5.41, 5.74) is 1.57. The fourth-order valence-corrected chi connectivity index (χ4v) is 2.47. The van der Waals surface area contributed by atoms with Gasteiger partial charge in [0.25, 0.3) is 0 Å². The Bertz CT molecular complexity index is 761.